The largest absolute Gasteiger partial charge is 0.379 e. The molecule has 0 saturated heterocycles. The van der Waals surface area contributed by atoms with Gasteiger partial charge in [-0.3, -0.25) is 0 Å². The summed E-state index contributed by atoms with van der Waals surface area (Å²) in [6.45, 7) is 0.622. The minimum Gasteiger partial charge on any atom is -0.379 e. The summed E-state index contributed by atoms with van der Waals surface area (Å²) in [5, 5.41) is 8.14. The fraction of sp³-hybridized carbons (Fsp3) is 0.778. The van der Waals surface area contributed by atoms with E-state index in [1.807, 2.05) is 10.9 Å². The number of hydrogen-bond acceptors (Lipinski definition) is 4. The third-order valence-corrected chi connectivity index (χ3v) is 2.78. The van der Waals surface area contributed by atoms with Gasteiger partial charge in [0.15, 0.2) is 0 Å². The van der Waals surface area contributed by atoms with Crippen molar-refractivity contribution in [3.8, 4) is 0 Å². The third kappa shape index (κ3) is 1.65. The van der Waals surface area contributed by atoms with Gasteiger partial charge in [0.05, 0.1) is 17.8 Å². The Kier molecular flexibility index (Phi) is 2.79. The van der Waals surface area contributed by atoms with Crippen molar-refractivity contribution in [2.75, 3.05) is 13.7 Å². The second-order valence-electron chi connectivity index (χ2n) is 3.65. The highest BCUT2D eigenvalue weighted by Crippen LogP contribution is 2.33. The highest BCUT2D eigenvalue weighted by Gasteiger charge is 2.33. The third-order valence-electron chi connectivity index (χ3n) is 2.78. The number of hydrogen-bond donors (Lipinski definition) is 1. The number of ether oxygens (including phenoxy) is 1. The van der Waals surface area contributed by atoms with Crippen LogP contribution in [-0.4, -0.2) is 34.8 Å². The molecule has 1 heterocycles. The van der Waals surface area contributed by atoms with Crippen molar-refractivity contribution in [1.29, 1.82) is 0 Å². The Bertz CT molecular complexity index is 297. The van der Waals surface area contributed by atoms with Gasteiger partial charge in [0, 0.05) is 19.7 Å². The molecule has 2 atom stereocenters. The van der Waals surface area contributed by atoms with Crippen LogP contribution in [-0.2, 0) is 11.2 Å². The molecule has 2 rings (SSSR count). The lowest BCUT2D eigenvalue weighted by Gasteiger charge is -2.34. The number of methoxy groups -OCH3 is 1. The maximum atomic E-state index is 5.44. The average Bonchev–Trinajstić information content (AvgIpc) is 2.53. The van der Waals surface area contributed by atoms with Crippen molar-refractivity contribution in [2.24, 2.45) is 5.73 Å². The lowest BCUT2D eigenvalue weighted by molar-refractivity contribution is -0.0145. The van der Waals surface area contributed by atoms with E-state index in [4.69, 9.17) is 10.5 Å². The Morgan fingerprint density at radius 2 is 2.50 bits per heavy atom. The molecule has 2 unspecified atom stereocenters. The molecule has 1 aliphatic rings. The van der Waals surface area contributed by atoms with Crippen LogP contribution in [0.3, 0.4) is 0 Å². The van der Waals surface area contributed by atoms with Crippen molar-refractivity contribution in [3.63, 3.8) is 0 Å². The van der Waals surface area contributed by atoms with Gasteiger partial charge in [0.25, 0.3) is 0 Å². The first-order valence-electron chi connectivity index (χ1n) is 4.98. The lowest BCUT2D eigenvalue weighted by atomic mass is 9.89. The molecule has 1 aromatic heterocycles. The molecule has 0 aromatic carbocycles. The van der Waals surface area contributed by atoms with E-state index in [9.17, 15) is 0 Å². The highest BCUT2D eigenvalue weighted by molar-refractivity contribution is 4.97. The van der Waals surface area contributed by atoms with Gasteiger partial charge < -0.3 is 10.5 Å². The summed E-state index contributed by atoms with van der Waals surface area (Å²) in [7, 11) is 1.74. The predicted molar refractivity (Wildman–Crippen MR) is 51.8 cm³/mol. The Balaban J connectivity index is 2.02. The molecule has 1 aromatic rings. The molecule has 1 saturated carbocycles. The smallest absolute Gasteiger partial charge is 0.0839 e. The van der Waals surface area contributed by atoms with Gasteiger partial charge in [-0.25, -0.2) is 4.68 Å². The lowest BCUT2D eigenvalue weighted by Crippen LogP contribution is -2.35. The standard InChI is InChI=1S/C9H16N4O/c1-14-9-3-2-8(9)13-6-7(4-5-10)11-12-13/h6,8-9H,2-5,10H2,1H3. The van der Waals surface area contributed by atoms with E-state index in [1.165, 1.54) is 0 Å². The van der Waals surface area contributed by atoms with Crippen LogP contribution in [0.5, 0.6) is 0 Å². The van der Waals surface area contributed by atoms with Crippen LogP contribution in [0.4, 0.5) is 0 Å². The summed E-state index contributed by atoms with van der Waals surface area (Å²) < 4.78 is 7.21. The van der Waals surface area contributed by atoms with Gasteiger partial charge in [-0.15, -0.1) is 5.10 Å². The van der Waals surface area contributed by atoms with E-state index in [2.05, 4.69) is 10.3 Å². The van der Waals surface area contributed by atoms with Gasteiger partial charge in [0.2, 0.25) is 0 Å². The average molecular weight is 196 g/mol. The normalized spacial score (nSPS) is 26.1. The van der Waals surface area contributed by atoms with Crippen LogP contribution in [0.15, 0.2) is 6.20 Å². The molecule has 14 heavy (non-hydrogen) atoms. The molecule has 2 N–H and O–H groups in total. The van der Waals surface area contributed by atoms with Crippen molar-refractivity contribution in [3.05, 3.63) is 11.9 Å². The molecular formula is C9H16N4O. The molecule has 5 nitrogen and oxygen atoms in total. The first-order chi connectivity index (χ1) is 6.85. The molecule has 1 fully saturated rings. The Morgan fingerprint density at radius 1 is 1.64 bits per heavy atom. The Labute approximate surface area is 83.2 Å². The molecule has 0 aliphatic heterocycles. The second kappa shape index (κ2) is 4.06. The number of rotatable bonds is 4. The van der Waals surface area contributed by atoms with Crippen LogP contribution < -0.4 is 5.73 Å². The minimum atomic E-state index is 0.308. The van der Waals surface area contributed by atoms with Gasteiger partial charge in [0.1, 0.15) is 0 Å². The summed E-state index contributed by atoms with van der Waals surface area (Å²) in [6, 6.07) is 0.374. The fourth-order valence-electron chi connectivity index (χ4n) is 1.77. The van der Waals surface area contributed by atoms with E-state index in [0.717, 1.165) is 25.0 Å². The zero-order valence-corrected chi connectivity index (χ0v) is 8.39. The maximum absolute atomic E-state index is 5.44. The monoisotopic (exact) mass is 196 g/mol. The molecule has 0 spiro atoms. The molecule has 5 heteroatoms. The first kappa shape index (κ1) is 9.61. The molecular weight excluding hydrogens is 180 g/mol. The summed E-state index contributed by atoms with van der Waals surface area (Å²) in [4.78, 5) is 0. The maximum Gasteiger partial charge on any atom is 0.0839 e. The predicted octanol–water partition coefficient (Wildman–Crippen LogP) is 0.129. The summed E-state index contributed by atoms with van der Waals surface area (Å²) >= 11 is 0. The van der Waals surface area contributed by atoms with Crippen molar-refractivity contribution in [1.82, 2.24) is 15.0 Å². The van der Waals surface area contributed by atoms with Crippen molar-refractivity contribution in [2.45, 2.75) is 31.4 Å². The van der Waals surface area contributed by atoms with E-state index >= 15 is 0 Å². The van der Waals surface area contributed by atoms with Crippen LogP contribution in [0.25, 0.3) is 0 Å². The molecule has 0 amide bonds. The van der Waals surface area contributed by atoms with Crippen molar-refractivity contribution >= 4 is 0 Å². The van der Waals surface area contributed by atoms with Gasteiger partial charge in [-0.05, 0) is 19.4 Å². The van der Waals surface area contributed by atoms with E-state index in [0.29, 0.717) is 18.7 Å². The zero-order valence-electron chi connectivity index (χ0n) is 8.39. The number of nitrogens with zero attached hydrogens (tertiary/aromatic N) is 3. The van der Waals surface area contributed by atoms with Crippen LogP contribution in [0.1, 0.15) is 24.6 Å². The highest BCUT2D eigenvalue weighted by atomic mass is 16.5. The van der Waals surface area contributed by atoms with Crippen LogP contribution >= 0.6 is 0 Å². The van der Waals surface area contributed by atoms with Crippen molar-refractivity contribution < 1.29 is 4.74 Å². The summed E-state index contributed by atoms with van der Waals surface area (Å²) in [5.41, 5.74) is 6.41. The number of nitrogens with two attached hydrogens (primary N) is 1. The summed E-state index contributed by atoms with van der Waals surface area (Å²) in [5.74, 6) is 0. The van der Waals surface area contributed by atoms with E-state index in [-0.39, 0.29) is 0 Å². The first-order valence-corrected chi connectivity index (χ1v) is 4.98. The SMILES string of the molecule is COC1CCC1n1cc(CCN)nn1. The van der Waals surface area contributed by atoms with Crippen LogP contribution in [0.2, 0.25) is 0 Å². The van der Waals surface area contributed by atoms with E-state index < -0.39 is 0 Å². The van der Waals surface area contributed by atoms with Crippen LogP contribution in [0, 0.1) is 0 Å². The molecule has 1 aliphatic carbocycles. The second-order valence-corrected chi connectivity index (χ2v) is 3.65. The minimum absolute atomic E-state index is 0.308. The molecule has 0 radical (unpaired) electrons. The summed E-state index contributed by atoms with van der Waals surface area (Å²) in [6.07, 6.45) is 5.33. The fourth-order valence-corrected chi connectivity index (χ4v) is 1.77. The van der Waals surface area contributed by atoms with Gasteiger partial charge in [-0.2, -0.15) is 0 Å². The number of aromatic nitrogens is 3. The topological polar surface area (TPSA) is 66.0 Å². The van der Waals surface area contributed by atoms with Gasteiger partial charge in [-0.1, -0.05) is 5.21 Å². The van der Waals surface area contributed by atoms with E-state index in [1.54, 1.807) is 7.11 Å². The van der Waals surface area contributed by atoms with Gasteiger partial charge >= 0.3 is 0 Å². The molecule has 0 bridgehead atoms. The zero-order chi connectivity index (χ0) is 9.97. The quantitative estimate of drug-likeness (QED) is 0.743. The Morgan fingerprint density at radius 3 is 3.07 bits per heavy atom. The molecule has 78 valence electrons. The Hall–Kier alpha value is -0.940.